The first-order valence-electron chi connectivity index (χ1n) is 9.59. The van der Waals surface area contributed by atoms with Gasteiger partial charge in [-0.25, -0.2) is 4.79 Å². The average molecular weight is 356 g/mol. The molecule has 1 saturated heterocycles. The van der Waals surface area contributed by atoms with Crippen LogP contribution in [0.5, 0.6) is 0 Å². The number of carbonyl (C=O) groups is 2. The van der Waals surface area contributed by atoms with Crippen molar-refractivity contribution in [2.45, 2.75) is 51.5 Å². The van der Waals surface area contributed by atoms with Gasteiger partial charge in [0.1, 0.15) is 0 Å². The lowest BCUT2D eigenvalue weighted by Gasteiger charge is -2.60. The number of hydrogen-bond donors (Lipinski definition) is 1. The van der Waals surface area contributed by atoms with Crippen molar-refractivity contribution in [3.05, 3.63) is 34.9 Å². The smallest absolute Gasteiger partial charge is 0.407 e. The molecular weight excluding hydrogens is 328 g/mol. The van der Waals surface area contributed by atoms with E-state index in [9.17, 15) is 9.59 Å². The highest BCUT2D eigenvalue weighted by atomic mass is 16.5. The molecule has 0 aromatic heterocycles. The monoisotopic (exact) mass is 356 g/mol. The third kappa shape index (κ3) is 3.08. The summed E-state index contributed by atoms with van der Waals surface area (Å²) in [6.07, 6.45) is 3.48. The molecule has 0 radical (unpaired) electrons. The van der Waals surface area contributed by atoms with Crippen molar-refractivity contribution in [2.75, 3.05) is 20.2 Å². The second kappa shape index (κ2) is 6.29. The van der Waals surface area contributed by atoms with Crippen molar-refractivity contribution in [2.24, 2.45) is 11.3 Å². The number of carbonyl (C=O) groups excluding carboxylic acids is 2. The fourth-order valence-electron chi connectivity index (χ4n) is 5.07. The summed E-state index contributed by atoms with van der Waals surface area (Å²) in [6, 6.07) is 6.94. The minimum atomic E-state index is -0.407. The van der Waals surface area contributed by atoms with Gasteiger partial charge in [0.2, 0.25) is 5.91 Å². The number of nitrogens with one attached hydrogen (secondary N) is 1. The lowest BCUT2D eigenvalue weighted by atomic mass is 9.55. The van der Waals surface area contributed by atoms with Gasteiger partial charge in [0, 0.05) is 30.5 Å². The molecule has 1 aromatic rings. The first-order chi connectivity index (χ1) is 12.4. The average Bonchev–Trinajstić information content (AvgIpc) is 2.46. The predicted octanol–water partition coefficient (Wildman–Crippen LogP) is 3.14. The van der Waals surface area contributed by atoms with Crippen LogP contribution in [0.25, 0.3) is 0 Å². The maximum atomic E-state index is 12.6. The first kappa shape index (κ1) is 17.4. The van der Waals surface area contributed by atoms with Crippen LogP contribution in [-0.2, 0) is 9.53 Å². The van der Waals surface area contributed by atoms with Crippen LogP contribution >= 0.6 is 0 Å². The molecule has 1 spiro atoms. The van der Waals surface area contributed by atoms with Crippen LogP contribution in [0.2, 0.25) is 0 Å². The van der Waals surface area contributed by atoms with E-state index in [0.29, 0.717) is 11.3 Å². The molecule has 0 atom stereocenters. The molecule has 5 nitrogen and oxygen atoms in total. The van der Waals surface area contributed by atoms with Crippen LogP contribution in [0.15, 0.2) is 18.2 Å². The maximum absolute atomic E-state index is 12.6. The van der Waals surface area contributed by atoms with E-state index in [0.717, 1.165) is 25.9 Å². The highest BCUT2D eigenvalue weighted by Crippen LogP contribution is 2.56. The summed E-state index contributed by atoms with van der Waals surface area (Å²) in [6.45, 7) is 6.16. The molecule has 3 aliphatic rings. The van der Waals surface area contributed by atoms with Gasteiger partial charge < -0.3 is 15.0 Å². The Kier molecular flexibility index (Phi) is 4.20. The molecule has 0 bridgehead atoms. The van der Waals surface area contributed by atoms with Crippen molar-refractivity contribution in [1.82, 2.24) is 10.2 Å². The van der Waals surface area contributed by atoms with Gasteiger partial charge in [-0.3, -0.25) is 4.79 Å². The summed E-state index contributed by atoms with van der Waals surface area (Å²) in [7, 11) is 1.36. The fraction of sp³-hybridized carbons (Fsp3) is 0.619. The normalized spacial score (nSPS) is 26.5. The van der Waals surface area contributed by atoms with Crippen LogP contribution in [0, 0.1) is 25.2 Å². The number of methoxy groups -OCH3 is 1. The van der Waals surface area contributed by atoms with Crippen LogP contribution in [0.4, 0.5) is 4.79 Å². The van der Waals surface area contributed by atoms with E-state index in [2.05, 4.69) is 42.1 Å². The van der Waals surface area contributed by atoms with Crippen molar-refractivity contribution in [3.8, 4) is 0 Å². The Labute approximate surface area is 155 Å². The fourth-order valence-corrected chi connectivity index (χ4v) is 5.07. The minimum absolute atomic E-state index is 0.0739. The third-order valence-electron chi connectivity index (χ3n) is 6.43. The summed E-state index contributed by atoms with van der Waals surface area (Å²) >= 11 is 0. The van der Waals surface area contributed by atoms with Gasteiger partial charge in [-0.2, -0.15) is 0 Å². The summed E-state index contributed by atoms with van der Waals surface area (Å²) in [5.74, 6) is 1.00. The highest BCUT2D eigenvalue weighted by molar-refractivity contribution is 5.81. The summed E-state index contributed by atoms with van der Waals surface area (Å²) in [4.78, 5) is 25.8. The molecule has 1 N–H and O–H groups in total. The largest absolute Gasteiger partial charge is 0.453 e. The summed E-state index contributed by atoms with van der Waals surface area (Å²) in [5.41, 5.74) is 4.51. The van der Waals surface area contributed by atoms with Crippen molar-refractivity contribution < 1.29 is 14.3 Å². The van der Waals surface area contributed by atoms with Gasteiger partial charge in [0.15, 0.2) is 0 Å². The van der Waals surface area contributed by atoms with E-state index in [1.807, 2.05) is 4.90 Å². The number of hydrogen-bond acceptors (Lipinski definition) is 3. The topological polar surface area (TPSA) is 58.6 Å². The number of amides is 2. The highest BCUT2D eigenvalue weighted by Gasteiger charge is 2.55. The van der Waals surface area contributed by atoms with Gasteiger partial charge in [-0.15, -0.1) is 0 Å². The number of alkyl carbamates (subject to hydrolysis) is 1. The lowest BCUT2D eigenvalue weighted by molar-refractivity contribution is -0.159. The number of aryl methyl sites for hydroxylation is 2. The van der Waals surface area contributed by atoms with Gasteiger partial charge in [0.05, 0.1) is 7.11 Å². The number of ether oxygens (including phenoxy) is 1. The van der Waals surface area contributed by atoms with Gasteiger partial charge in [0.25, 0.3) is 0 Å². The van der Waals surface area contributed by atoms with Crippen molar-refractivity contribution in [3.63, 3.8) is 0 Å². The van der Waals surface area contributed by atoms with E-state index in [1.165, 1.54) is 36.6 Å². The van der Waals surface area contributed by atoms with E-state index >= 15 is 0 Å². The van der Waals surface area contributed by atoms with E-state index in [4.69, 9.17) is 0 Å². The number of nitrogens with zero attached hydrogens (tertiary/aromatic N) is 1. The lowest BCUT2D eigenvalue weighted by Crippen LogP contribution is -2.65. The Morgan fingerprint density at radius 2 is 1.73 bits per heavy atom. The van der Waals surface area contributed by atoms with Crippen LogP contribution in [0.3, 0.4) is 0 Å². The maximum Gasteiger partial charge on any atom is 0.407 e. The standard InChI is InChI=1S/C21H28N2O3/c1-13-4-14(2)6-15(5-13)17-9-21(10-17)11-23(12-21)19(24)16-7-18(8-16)22-20(25)26-3/h4-6,16-18H,7-12H2,1-3H3,(H,22,25). The third-order valence-corrected chi connectivity index (χ3v) is 6.43. The zero-order valence-electron chi connectivity index (χ0n) is 15.9. The molecular formula is C21H28N2O3. The Morgan fingerprint density at radius 3 is 2.31 bits per heavy atom. The molecule has 1 heterocycles. The van der Waals surface area contributed by atoms with E-state index < -0.39 is 6.09 Å². The molecule has 26 heavy (non-hydrogen) atoms. The number of benzene rings is 1. The molecule has 1 aromatic carbocycles. The molecule has 5 heteroatoms. The quantitative estimate of drug-likeness (QED) is 0.905. The van der Waals surface area contributed by atoms with Gasteiger partial charge >= 0.3 is 6.09 Å². The van der Waals surface area contributed by atoms with E-state index in [1.54, 1.807) is 0 Å². The predicted molar refractivity (Wildman–Crippen MR) is 99.0 cm³/mol. The SMILES string of the molecule is COC(=O)NC1CC(C(=O)N2CC3(CC(c4cc(C)cc(C)c4)C3)C2)C1. The number of rotatable bonds is 3. The summed E-state index contributed by atoms with van der Waals surface area (Å²) < 4.78 is 4.60. The second-order valence-electron chi connectivity index (χ2n) is 8.72. The van der Waals surface area contributed by atoms with Crippen molar-refractivity contribution in [1.29, 1.82) is 0 Å². The van der Waals surface area contributed by atoms with E-state index in [-0.39, 0.29) is 17.9 Å². The van der Waals surface area contributed by atoms with Crippen LogP contribution in [0.1, 0.15) is 48.3 Å². The number of likely N-dealkylation sites (tertiary alicyclic amines) is 1. The molecule has 2 aliphatic carbocycles. The Hall–Kier alpha value is -2.04. The molecule has 1 aliphatic heterocycles. The van der Waals surface area contributed by atoms with Gasteiger partial charge in [-0.05, 0) is 51.0 Å². The molecule has 2 amide bonds. The summed E-state index contributed by atoms with van der Waals surface area (Å²) in [5, 5.41) is 2.77. The Bertz CT molecular complexity index is 705. The van der Waals surface area contributed by atoms with Crippen molar-refractivity contribution >= 4 is 12.0 Å². The molecule has 140 valence electrons. The zero-order chi connectivity index (χ0) is 18.5. The van der Waals surface area contributed by atoms with Crippen LogP contribution in [-0.4, -0.2) is 43.1 Å². The van der Waals surface area contributed by atoms with Gasteiger partial charge in [-0.1, -0.05) is 29.3 Å². The Morgan fingerprint density at radius 1 is 1.12 bits per heavy atom. The zero-order valence-corrected chi connectivity index (χ0v) is 15.9. The minimum Gasteiger partial charge on any atom is -0.453 e. The first-order valence-corrected chi connectivity index (χ1v) is 9.59. The van der Waals surface area contributed by atoms with Crippen LogP contribution < -0.4 is 5.32 Å². The molecule has 0 unspecified atom stereocenters. The molecule has 3 fully saturated rings. The molecule has 2 saturated carbocycles. The Balaban J connectivity index is 1.23. The second-order valence-corrected chi connectivity index (χ2v) is 8.72. The molecule has 4 rings (SSSR count).